The third-order valence-electron chi connectivity index (χ3n) is 5.31. The average molecular weight is 506 g/mol. The van der Waals surface area contributed by atoms with E-state index in [0.717, 1.165) is 16.9 Å². The monoisotopic (exact) mass is 505 g/mol. The van der Waals surface area contributed by atoms with E-state index >= 15 is 0 Å². The molecule has 0 aliphatic heterocycles. The van der Waals surface area contributed by atoms with Gasteiger partial charge in [-0.15, -0.1) is 11.3 Å². The molecule has 0 radical (unpaired) electrons. The van der Waals surface area contributed by atoms with Gasteiger partial charge in [0.05, 0.1) is 23.9 Å². The third kappa shape index (κ3) is 5.49. The van der Waals surface area contributed by atoms with Gasteiger partial charge in [-0.3, -0.25) is 14.2 Å². The number of hydrogen-bond donors (Lipinski definition) is 1. The first-order valence-corrected chi connectivity index (χ1v) is 12.0. The van der Waals surface area contributed by atoms with E-state index in [2.05, 4.69) is 10.3 Å². The smallest absolute Gasteiger partial charge is 0.349 e. The summed E-state index contributed by atoms with van der Waals surface area (Å²) in [5.74, 6) is -1.43. The first-order chi connectivity index (χ1) is 17.4. The largest absolute Gasteiger partial charge is 0.462 e. The number of amides is 1. The van der Waals surface area contributed by atoms with Gasteiger partial charge in [0.25, 0.3) is 5.56 Å². The molecule has 1 amide bonds. The molecular formula is C26H23N3O6S. The van der Waals surface area contributed by atoms with Gasteiger partial charge in [-0.2, -0.15) is 0 Å². The van der Waals surface area contributed by atoms with Crippen molar-refractivity contribution >= 4 is 45.1 Å². The van der Waals surface area contributed by atoms with Crippen LogP contribution in [0.15, 0.2) is 65.7 Å². The maximum Gasteiger partial charge on any atom is 0.349 e. The number of carbonyl (C=O) groups is 3. The van der Waals surface area contributed by atoms with Crippen LogP contribution in [-0.4, -0.2) is 34.0 Å². The second-order valence-electron chi connectivity index (χ2n) is 7.82. The number of benzene rings is 2. The Bertz CT molecular complexity index is 1480. The summed E-state index contributed by atoms with van der Waals surface area (Å²) in [7, 11) is 0. The lowest BCUT2D eigenvalue weighted by atomic mass is 10.2. The van der Waals surface area contributed by atoms with Crippen molar-refractivity contribution in [2.45, 2.75) is 27.0 Å². The fourth-order valence-corrected chi connectivity index (χ4v) is 4.55. The van der Waals surface area contributed by atoms with E-state index in [1.807, 2.05) is 30.3 Å². The summed E-state index contributed by atoms with van der Waals surface area (Å²) in [6.45, 7) is 3.49. The molecule has 0 bridgehead atoms. The maximum absolute atomic E-state index is 13.1. The number of ether oxygens (including phenoxy) is 2. The van der Waals surface area contributed by atoms with Gasteiger partial charge in [0.2, 0.25) is 5.91 Å². The second kappa shape index (κ2) is 11.0. The summed E-state index contributed by atoms with van der Waals surface area (Å²) in [6, 6.07) is 15.5. The van der Waals surface area contributed by atoms with E-state index < -0.39 is 23.4 Å². The van der Waals surface area contributed by atoms with Crippen LogP contribution in [0.25, 0.3) is 10.2 Å². The van der Waals surface area contributed by atoms with Crippen LogP contribution >= 0.6 is 11.3 Å². The number of anilines is 1. The summed E-state index contributed by atoms with van der Waals surface area (Å²) in [5, 5.41) is 2.96. The van der Waals surface area contributed by atoms with Crippen LogP contribution < -0.4 is 10.9 Å². The van der Waals surface area contributed by atoms with Crippen molar-refractivity contribution in [1.29, 1.82) is 0 Å². The summed E-state index contributed by atoms with van der Waals surface area (Å²) >= 11 is 1.08. The van der Waals surface area contributed by atoms with Crippen LogP contribution in [0.1, 0.15) is 38.1 Å². The summed E-state index contributed by atoms with van der Waals surface area (Å²) in [4.78, 5) is 55.0. The molecule has 9 nitrogen and oxygen atoms in total. The van der Waals surface area contributed by atoms with E-state index in [1.54, 1.807) is 38.1 Å². The van der Waals surface area contributed by atoms with Crippen LogP contribution in [0.5, 0.6) is 0 Å². The highest BCUT2D eigenvalue weighted by atomic mass is 32.1. The number of nitrogens with one attached hydrogen (secondary N) is 1. The van der Waals surface area contributed by atoms with E-state index in [4.69, 9.17) is 9.47 Å². The number of hydrogen-bond acceptors (Lipinski definition) is 8. The van der Waals surface area contributed by atoms with Gasteiger partial charge >= 0.3 is 11.9 Å². The number of fused-ring (bicyclic) bond motifs is 1. The van der Waals surface area contributed by atoms with E-state index in [1.165, 1.54) is 10.9 Å². The fourth-order valence-electron chi connectivity index (χ4n) is 3.51. The number of rotatable bonds is 8. The van der Waals surface area contributed by atoms with Crippen LogP contribution in [0.3, 0.4) is 0 Å². The van der Waals surface area contributed by atoms with Crippen LogP contribution in [-0.2, 0) is 27.4 Å². The minimum atomic E-state index is -0.533. The molecule has 0 saturated carbocycles. The molecule has 36 heavy (non-hydrogen) atoms. The van der Waals surface area contributed by atoms with Crippen molar-refractivity contribution in [3.05, 3.63) is 92.8 Å². The number of esters is 2. The zero-order valence-corrected chi connectivity index (χ0v) is 20.5. The topological polar surface area (TPSA) is 117 Å². The van der Waals surface area contributed by atoms with Gasteiger partial charge in [0.1, 0.15) is 22.9 Å². The van der Waals surface area contributed by atoms with Crippen LogP contribution in [0.2, 0.25) is 0 Å². The minimum absolute atomic E-state index is 0.117. The molecule has 0 unspecified atom stereocenters. The molecule has 0 atom stereocenters. The molecular weight excluding hydrogens is 482 g/mol. The van der Waals surface area contributed by atoms with Crippen molar-refractivity contribution in [3.8, 4) is 0 Å². The van der Waals surface area contributed by atoms with Crippen LogP contribution in [0, 0.1) is 6.92 Å². The molecule has 10 heteroatoms. The molecule has 1 N–H and O–H groups in total. The Labute approximate surface area is 210 Å². The lowest BCUT2D eigenvalue weighted by Crippen LogP contribution is -2.28. The fraction of sp³-hybridized carbons (Fsp3) is 0.192. The zero-order chi connectivity index (χ0) is 25.7. The number of carbonyl (C=O) groups excluding carboxylic acids is 3. The van der Waals surface area contributed by atoms with Gasteiger partial charge in [-0.05, 0) is 49.2 Å². The predicted octanol–water partition coefficient (Wildman–Crippen LogP) is 3.94. The van der Waals surface area contributed by atoms with Crippen molar-refractivity contribution < 1.29 is 23.9 Å². The van der Waals surface area contributed by atoms with Crippen molar-refractivity contribution in [2.75, 3.05) is 11.9 Å². The van der Waals surface area contributed by atoms with Gasteiger partial charge in [0, 0.05) is 5.69 Å². The van der Waals surface area contributed by atoms with E-state index in [-0.39, 0.29) is 25.1 Å². The number of nitrogens with zero attached hydrogens (tertiary/aromatic N) is 2. The molecule has 0 spiro atoms. The molecule has 2 aromatic carbocycles. The Hall–Kier alpha value is -4.31. The maximum atomic E-state index is 13.1. The van der Waals surface area contributed by atoms with Crippen molar-refractivity contribution in [3.63, 3.8) is 0 Å². The molecule has 0 aliphatic carbocycles. The highest BCUT2D eigenvalue weighted by molar-refractivity contribution is 7.20. The van der Waals surface area contributed by atoms with E-state index in [9.17, 15) is 19.2 Å². The Balaban J connectivity index is 1.46. The molecule has 2 aromatic heterocycles. The number of aromatic nitrogens is 2. The highest BCUT2D eigenvalue weighted by Crippen LogP contribution is 2.27. The molecule has 2 heterocycles. The van der Waals surface area contributed by atoms with Crippen LogP contribution in [0.4, 0.5) is 5.69 Å². The summed E-state index contributed by atoms with van der Waals surface area (Å²) in [5.41, 5.74) is 1.72. The molecule has 4 rings (SSSR count). The lowest BCUT2D eigenvalue weighted by molar-refractivity contribution is -0.116. The Morgan fingerprint density at radius 1 is 1.00 bits per heavy atom. The molecule has 0 saturated heterocycles. The first kappa shape index (κ1) is 24.8. The highest BCUT2D eigenvalue weighted by Gasteiger charge is 2.21. The van der Waals surface area contributed by atoms with Gasteiger partial charge in [0.15, 0.2) is 0 Å². The average Bonchev–Trinajstić information content (AvgIpc) is 3.22. The second-order valence-corrected chi connectivity index (χ2v) is 8.82. The predicted molar refractivity (Wildman–Crippen MR) is 135 cm³/mol. The normalized spacial score (nSPS) is 10.7. The molecule has 4 aromatic rings. The third-order valence-corrected chi connectivity index (χ3v) is 6.49. The Morgan fingerprint density at radius 2 is 1.72 bits per heavy atom. The van der Waals surface area contributed by atoms with E-state index in [0.29, 0.717) is 26.5 Å². The van der Waals surface area contributed by atoms with Gasteiger partial charge in [-0.1, -0.05) is 30.3 Å². The van der Waals surface area contributed by atoms with Gasteiger partial charge in [-0.25, -0.2) is 14.6 Å². The number of aryl methyl sites for hydroxylation is 1. The molecule has 0 fully saturated rings. The quantitative estimate of drug-likeness (QED) is 0.361. The summed E-state index contributed by atoms with van der Waals surface area (Å²) < 4.78 is 11.5. The van der Waals surface area contributed by atoms with Crippen molar-refractivity contribution in [2.24, 2.45) is 0 Å². The summed E-state index contributed by atoms with van der Waals surface area (Å²) in [6.07, 6.45) is 1.28. The SMILES string of the molecule is CCOC(=O)c1ccc(NC(=O)Cn2cnc3sc(C(=O)OCc4ccccc4)c(C)c3c2=O)cc1. The van der Waals surface area contributed by atoms with Crippen molar-refractivity contribution in [1.82, 2.24) is 9.55 Å². The molecule has 184 valence electrons. The minimum Gasteiger partial charge on any atom is -0.462 e. The first-order valence-electron chi connectivity index (χ1n) is 11.1. The lowest BCUT2D eigenvalue weighted by Gasteiger charge is -2.08. The van der Waals surface area contributed by atoms with Gasteiger partial charge < -0.3 is 14.8 Å². The Kier molecular flexibility index (Phi) is 7.55. The number of thiophene rings is 1. The standard InChI is InChI=1S/C26H23N3O6S/c1-3-34-25(32)18-9-11-19(12-10-18)28-20(30)13-29-15-27-23-21(24(29)31)16(2)22(36-23)26(33)35-14-17-7-5-4-6-8-17/h4-12,15H,3,13-14H2,1-2H3,(H,28,30). The molecule has 0 aliphatic rings. The Morgan fingerprint density at radius 3 is 2.42 bits per heavy atom. The zero-order valence-electron chi connectivity index (χ0n) is 19.6.